The first-order valence-electron chi connectivity index (χ1n) is 6.39. The molecule has 1 saturated heterocycles. The Morgan fingerprint density at radius 3 is 2.79 bits per heavy atom. The van der Waals surface area contributed by atoms with Crippen LogP contribution in [0.2, 0.25) is 0 Å². The highest BCUT2D eigenvalue weighted by Gasteiger charge is 2.33. The lowest BCUT2D eigenvalue weighted by atomic mass is 10.1. The molecule has 1 unspecified atom stereocenters. The van der Waals surface area contributed by atoms with Gasteiger partial charge in [-0.2, -0.15) is 0 Å². The average molecular weight is 264 g/mol. The van der Waals surface area contributed by atoms with E-state index in [0.717, 1.165) is 6.42 Å². The van der Waals surface area contributed by atoms with E-state index in [2.05, 4.69) is 5.32 Å². The first kappa shape index (κ1) is 13.5. The molecule has 1 aromatic carbocycles. The fourth-order valence-corrected chi connectivity index (χ4v) is 2.32. The van der Waals surface area contributed by atoms with Gasteiger partial charge in [-0.15, -0.1) is 0 Å². The standard InChI is InChI=1S/C14H17FN2O2/c1-3-4-11-14(19)17(8-13(18)16-11)12-6-5-10(15)7-9(12)2/h5-7,11H,3-4,8H2,1-2H3,(H,16,18). The second kappa shape index (κ2) is 5.38. The quantitative estimate of drug-likeness (QED) is 0.904. The van der Waals surface area contributed by atoms with Crippen molar-refractivity contribution in [3.63, 3.8) is 0 Å². The van der Waals surface area contributed by atoms with Gasteiger partial charge in [-0.3, -0.25) is 9.59 Å². The Labute approximate surface area is 111 Å². The summed E-state index contributed by atoms with van der Waals surface area (Å²) in [5, 5.41) is 2.69. The van der Waals surface area contributed by atoms with Crippen molar-refractivity contribution < 1.29 is 14.0 Å². The number of benzene rings is 1. The number of carbonyl (C=O) groups is 2. The van der Waals surface area contributed by atoms with Crippen molar-refractivity contribution in [1.82, 2.24) is 5.32 Å². The zero-order chi connectivity index (χ0) is 14.0. The molecule has 0 spiro atoms. The molecule has 1 heterocycles. The van der Waals surface area contributed by atoms with Gasteiger partial charge in [0.25, 0.3) is 0 Å². The lowest BCUT2D eigenvalue weighted by molar-refractivity contribution is -0.131. The average Bonchev–Trinajstić information content (AvgIpc) is 2.34. The van der Waals surface area contributed by atoms with Crippen molar-refractivity contribution in [2.75, 3.05) is 11.4 Å². The van der Waals surface area contributed by atoms with E-state index in [1.807, 2.05) is 6.92 Å². The molecule has 1 atom stereocenters. The monoisotopic (exact) mass is 264 g/mol. The van der Waals surface area contributed by atoms with E-state index in [-0.39, 0.29) is 24.2 Å². The van der Waals surface area contributed by atoms with Gasteiger partial charge in [0, 0.05) is 5.69 Å². The third-order valence-electron chi connectivity index (χ3n) is 3.23. The van der Waals surface area contributed by atoms with Crippen LogP contribution in [0.3, 0.4) is 0 Å². The second-order valence-electron chi connectivity index (χ2n) is 4.76. The number of rotatable bonds is 3. The van der Waals surface area contributed by atoms with Crippen LogP contribution in [0, 0.1) is 12.7 Å². The molecule has 1 fully saturated rings. The van der Waals surface area contributed by atoms with Crippen LogP contribution in [-0.4, -0.2) is 24.4 Å². The summed E-state index contributed by atoms with van der Waals surface area (Å²) in [7, 11) is 0. The molecule has 2 amide bonds. The summed E-state index contributed by atoms with van der Waals surface area (Å²) in [6.45, 7) is 3.68. The summed E-state index contributed by atoms with van der Waals surface area (Å²) in [6, 6.07) is 3.74. The van der Waals surface area contributed by atoms with Crippen LogP contribution < -0.4 is 10.2 Å². The number of hydrogen-bond donors (Lipinski definition) is 1. The molecule has 1 aromatic rings. The minimum Gasteiger partial charge on any atom is -0.343 e. The highest BCUT2D eigenvalue weighted by Crippen LogP contribution is 2.23. The molecule has 102 valence electrons. The smallest absolute Gasteiger partial charge is 0.250 e. The molecule has 1 aliphatic heterocycles. The number of nitrogens with one attached hydrogen (secondary N) is 1. The van der Waals surface area contributed by atoms with Gasteiger partial charge >= 0.3 is 0 Å². The molecular weight excluding hydrogens is 247 g/mol. The topological polar surface area (TPSA) is 49.4 Å². The fourth-order valence-electron chi connectivity index (χ4n) is 2.32. The maximum absolute atomic E-state index is 13.1. The van der Waals surface area contributed by atoms with E-state index in [0.29, 0.717) is 17.7 Å². The number of hydrogen-bond acceptors (Lipinski definition) is 2. The molecule has 0 saturated carbocycles. The van der Waals surface area contributed by atoms with E-state index in [4.69, 9.17) is 0 Å². The Hall–Kier alpha value is -1.91. The van der Waals surface area contributed by atoms with Gasteiger partial charge in [0.15, 0.2) is 0 Å². The summed E-state index contributed by atoms with van der Waals surface area (Å²) in [4.78, 5) is 25.4. The lowest BCUT2D eigenvalue weighted by Crippen LogP contribution is -2.58. The molecule has 19 heavy (non-hydrogen) atoms. The van der Waals surface area contributed by atoms with Crippen molar-refractivity contribution >= 4 is 17.5 Å². The molecule has 1 aliphatic rings. The number of halogens is 1. The van der Waals surface area contributed by atoms with Crippen molar-refractivity contribution in [3.05, 3.63) is 29.6 Å². The third kappa shape index (κ3) is 2.75. The van der Waals surface area contributed by atoms with Gasteiger partial charge in [0.05, 0.1) is 0 Å². The van der Waals surface area contributed by atoms with Crippen LogP contribution in [0.1, 0.15) is 25.3 Å². The maximum atomic E-state index is 13.1. The van der Waals surface area contributed by atoms with Crippen molar-refractivity contribution in [2.24, 2.45) is 0 Å². The third-order valence-corrected chi connectivity index (χ3v) is 3.23. The van der Waals surface area contributed by atoms with Gasteiger partial charge < -0.3 is 10.2 Å². The molecule has 0 aliphatic carbocycles. The van der Waals surface area contributed by atoms with Gasteiger partial charge in [-0.1, -0.05) is 13.3 Å². The first-order valence-corrected chi connectivity index (χ1v) is 6.39. The minimum absolute atomic E-state index is 0.00841. The Balaban J connectivity index is 2.31. The zero-order valence-electron chi connectivity index (χ0n) is 11.1. The van der Waals surface area contributed by atoms with Crippen LogP contribution in [0.4, 0.5) is 10.1 Å². The number of aryl methyl sites for hydroxylation is 1. The van der Waals surface area contributed by atoms with E-state index in [1.165, 1.54) is 17.0 Å². The molecule has 4 nitrogen and oxygen atoms in total. The summed E-state index contributed by atoms with van der Waals surface area (Å²) in [6.07, 6.45) is 1.42. The highest BCUT2D eigenvalue weighted by atomic mass is 19.1. The fraction of sp³-hybridized carbons (Fsp3) is 0.429. The van der Waals surface area contributed by atoms with Crippen LogP contribution in [0.5, 0.6) is 0 Å². The van der Waals surface area contributed by atoms with Crippen molar-refractivity contribution in [3.8, 4) is 0 Å². The summed E-state index contributed by atoms with van der Waals surface area (Å²) in [5.41, 5.74) is 1.25. The molecule has 2 rings (SSSR count). The van der Waals surface area contributed by atoms with E-state index < -0.39 is 6.04 Å². The number of anilines is 1. The van der Waals surface area contributed by atoms with Crippen LogP contribution in [-0.2, 0) is 9.59 Å². The number of amides is 2. The van der Waals surface area contributed by atoms with Crippen LogP contribution in [0.15, 0.2) is 18.2 Å². The Morgan fingerprint density at radius 1 is 1.42 bits per heavy atom. The SMILES string of the molecule is CCCC1NC(=O)CN(c2ccc(F)cc2C)C1=O. The predicted octanol–water partition coefficient (Wildman–Crippen LogP) is 1.77. The predicted molar refractivity (Wildman–Crippen MR) is 70.3 cm³/mol. The normalized spacial score (nSPS) is 19.5. The lowest BCUT2D eigenvalue weighted by Gasteiger charge is -2.33. The Kier molecular flexibility index (Phi) is 3.83. The molecule has 0 radical (unpaired) electrons. The zero-order valence-corrected chi connectivity index (χ0v) is 11.1. The number of piperazine rings is 1. The van der Waals surface area contributed by atoms with Crippen molar-refractivity contribution in [2.45, 2.75) is 32.7 Å². The first-order chi connectivity index (χ1) is 9.02. The van der Waals surface area contributed by atoms with Gasteiger partial charge in [0.1, 0.15) is 18.4 Å². The van der Waals surface area contributed by atoms with Gasteiger partial charge in [-0.25, -0.2) is 4.39 Å². The molecule has 0 bridgehead atoms. The van der Waals surface area contributed by atoms with E-state index in [9.17, 15) is 14.0 Å². The number of nitrogens with zero attached hydrogens (tertiary/aromatic N) is 1. The van der Waals surface area contributed by atoms with Gasteiger partial charge in [-0.05, 0) is 37.1 Å². The number of carbonyl (C=O) groups excluding carboxylic acids is 2. The summed E-state index contributed by atoms with van der Waals surface area (Å²) >= 11 is 0. The molecular formula is C14H17FN2O2. The maximum Gasteiger partial charge on any atom is 0.250 e. The Bertz CT molecular complexity index is 516. The Morgan fingerprint density at radius 2 is 2.16 bits per heavy atom. The summed E-state index contributed by atoms with van der Waals surface area (Å²) in [5.74, 6) is -0.654. The van der Waals surface area contributed by atoms with Crippen LogP contribution >= 0.6 is 0 Å². The van der Waals surface area contributed by atoms with E-state index >= 15 is 0 Å². The van der Waals surface area contributed by atoms with Crippen LogP contribution in [0.25, 0.3) is 0 Å². The highest BCUT2D eigenvalue weighted by molar-refractivity contribution is 6.06. The largest absolute Gasteiger partial charge is 0.343 e. The van der Waals surface area contributed by atoms with E-state index in [1.54, 1.807) is 13.0 Å². The molecule has 0 aromatic heterocycles. The van der Waals surface area contributed by atoms with Gasteiger partial charge in [0.2, 0.25) is 11.8 Å². The molecule has 1 N–H and O–H groups in total. The summed E-state index contributed by atoms with van der Waals surface area (Å²) < 4.78 is 13.1. The molecule has 5 heteroatoms. The second-order valence-corrected chi connectivity index (χ2v) is 4.76. The minimum atomic E-state index is -0.476. The van der Waals surface area contributed by atoms with Crippen molar-refractivity contribution in [1.29, 1.82) is 0 Å².